The molecule has 2 rings (SSSR count). The van der Waals surface area contributed by atoms with Gasteiger partial charge in [0.2, 0.25) is 0 Å². The number of aryl methyl sites for hydroxylation is 1. The maximum absolute atomic E-state index is 8.60. The maximum atomic E-state index is 8.60. The zero-order valence-electron chi connectivity index (χ0n) is 10.1. The molecular formula is C14H14N4. The molecule has 1 aromatic heterocycles. The van der Waals surface area contributed by atoms with Gasteiger partial charge in [-0.2, -0.15) is 5.26 Å². The average Bonchev–Trinajstić information content (AvgIpc) is 2.38. The first-order chi connectivity index (χ1) is 8.70. The molecule has 0 radical (unpaired) electrons. The van der Waals surface area contributed by atoms with Crippen LogP contribution in [0.4, 0.5) is 17.2 Å². The van der Waals surface area contributed by atoms with Crippen LogP contribution in [0.2, 0.25) is 0 Å². The lowest BCUT2D eigenvalue weighted by Gasteiger charge is -2.10. The van der Waals surface area contributed by atoms with Gasteiger partial charge in [-0.15, -0.1) is 0 Å². The third kappa shape index (κ3) is 2.58. The summed E-state index contributed by atoms with van der Waals surface area (Å²) >= 11 is 0. The van der Waals surface area contributed by atoms with E-state index in [1.165, 1.54) is 0 Å². The van der Waals surface area contributed by atoms with Gasteiger partial charge in [0.1, 0.15) is 0 Å². The normalized spacial score (nSPS) is 9.78. The van der Waals surface area contributed by atoms with Crippen molar-refractivity contribution in [3.8, 4) is 6.07 Å². The summed E-state index contributed by atoms with van der Waals surface area (Å²) in [5.41, 5.74) is 9.48. The molecule has 18 heavy (non-hydrogen) atoms. The van der Waals surface area contributed by atoms with Crippen LogP contribution in [0, 0.1) is 18.3 Å². The number of nitrogens with zero attached hydrogens (tertiary/aromatic N) is 2. The summed E-state index contributed by atoms with van der Waals surface area (Å²) in [4.78, 5) is 4.20. The van der Waals surface area contributed by atoms with E-state index in [0.717, 1.165) is 16.8 Å². The minimum Gasteiger partial charge on any atom is -0.396 e. The Bertz CT molecular complexity index is 582. The number of nitrogens with two attached hydrogens (primary N) is 1. The summed E-state index contributed by atoms with van der Waals surface area (Å²) < 4.78 is 0. The summed E-state index contributed by atoms with van der Waals surface area (Å²) in [5, 5.41) is 11.8. The Kier molecular flexibility index (Phi) is 3.44. The van der Waals surface area contributed by atoms with Crippen molar-refractivity contribution in [3.63, 3.8) is 0 Å². The fourth-order valence-electron chi connectivity index (χ4n) is 1.60. The summed E-state index contributed by atoms with van der Waals surface area (Å²) in [6.45, 7) is 1.94. The van der Waals surface area contributed by atoms with Gasteiger partial charge in [-0.1, -0.05) is 12.1 Å². The second-order valence-electron chi connectivity index (χ2n) is 4.05. The number of aromatic nitrogens is 1. The van der Waals surface area contributed by atoms with Crippen molar-refractivity contribution < 1.29 is 0 Å². The number of rotatable bonds is 3. The van der Waals surface area contributed by atoms with E-state index in [1.54, 1.807) is 6.20 Å². The highest BCUT2D eigenvalue weighted by Crippen LogP contribution is 2.23. The molecule has 0 atom stereocenters. The molecule has 1 aromatic carbocycles. The molecule has 3 N–H and O–H groups in total. The van der Waals surface area contributed by atoms with Crippen LogP contribution in [0.1, 0.15) is 11.1 Å². The molecule has 1 heterocycles. The molecule has 0 bridgehead atoms. The second-order valence-corrected chi connectivity index (χ2v) is 4.05. The number of anilines is 3. The smallest absolute Gasteiger partial charge is 0.153 e. The van der Waals surface area contributed by atoms with E-state index in [2.05, 4.69) is 16.4 Å². The molecular weight excluding hydrogens is 224 g/mol. The van der Waals surface area contributed by atoms with E-state index >= 15 is 0 Å². The summed E-state index contributed by atoms with van der Waals surface area (Å²) in [5.74, 6) is 0.656. The molecule has 2 aromatic rings. The van der Waals surface area contributed by atoms with Crippen LogP contribution < -0.4 is 11.1 Å². The van der Waals surface area contributed by atoms with Gasteiger partial charge in [0, 0.05) is 11.9 Å². The van der Waals surface area contributed by atoms with Crippen LogP contribution in [0.15, 0.2) is 36.5 Å². The summed E-state index contributed by atoms with van der Waals surface area (Å²) in [6.07, 6.45) is 2.14. The summed E-state index contributed by atoms with van der Waals surface area (Å²) in [7, 11) is 0. The van der Waals surface area contributed by atoms with Gasteiger partial charge in [0.05, 0.1) is 18.2 Å². The molecule has 0 fully saturated rings. The summed E-state index contributed by atoms with van der Waals surface area (Å²) in [6, 6.07) is 11.6. The molecule has 0 aliphatic rings. The van der Waals surface area contributed by atoms with Crippen molar-refractivity contribution >= 4 is 17.2 Å². The fraction of sp³-hybridized carbons (Fsp3) is 0.143. The Morgan fingerprint density at radius 1 is 1.28 bits per heavy atom. The number of nitrogen functional groups attached to an aromatic ring is 1. The molecule has 0 aliphatic carbocycles. The first-order valence-corrected chi connectivity index (χ1v) is 5.64. The van der Waals surface area contributed by atoms with Gasteiger partial charge in [-0.05, 0) is 36.2 Å². The van der Waals surface area contributed by atoms with Crippen molar-refractivity contribution in [3.05, 3.63) is 47.7 Å². The van der Waals surface area contributed by atoms with Crippen molar-refractivity contribution in [1.82, 2.24) is 4.98 Å². The predicted molar refractivity (Wildman–Crippen MR) is 72.4 cm³/mol. The second kappa shape index (κ2) is 5.19. The highest BCUT2D eigenvalue weighted by atomic mass is 15.0. The van der Waals surface area contributed by atoms with Crippen LogP contribution in [0.5, 0.6) is 0 Å². The SMILES string of the molecule is Cc1ccnc(Nc2ccc(CC#N)cc2)c1N. The van der Waals surface area contributed by atoms with Gasteiger partial charge < -0.3 is 11.1 Å². The Morgan fingerprint density at radius 3 is 2.67 bits per heavy atom. The lowest BCUT2D eigenvalue weighted by Crippen LogP contribution is -2.00. The zero-order chi connectivity index (χ0) is 13.0. The molecule has 90 valence electrons. The first-order valence-electron chi connectivity index (χ1n) is 5.64. The molecule has 0 spiro atoms. The largest absolute Gasteiger partial charge is 0.396 e. The van der Waals surface area contributed by atoms with Crippen molar-refractivity contribution in [2.24, 2.45) is 0 Å². The maximum Gasteiger partial charge on any atom is 0.153 e. The fourth-order valence-corrected chi connectivity index (χ4v) is 1.60. The van der Waals surface area contributed by atoms with Crippen LogP contribution in [0.25, 0.3) is 0 Å². The Morgan fingerprint density at radius 2 is 2.00 bits per heavy atom. The van der Waals surface area contributed by atoms with E-state index in [0.29, 0.717) is 17.9 Å². The van der Waals surface area contributed by atoms with E-state index in [9.17, 15) is 0 Å². The number of benzene rings is 1. The van der Waals surface area contributed by atoms with E-state index in [-0.39, 0.29) is 0 Å². The van der Waals surface area contributed by atoms with Crippen molar-refractivity contribution in [1.29, 1.82) is 5.26 Å². The van der Waals surface area contributed by atoms with E-state index < -0.39 is 0 Å². The number of pyridine rings is 1. The monoisotopic (exact) mass is 238 g/mol. The Hall–Kier alpha value is -2.54. The number of nitrogens with one attached hydrogen (secondary N) is 1. The van der Waals surface area contributed by atoms with Gasteiger partial charge in [0.25, 0.3) is 0 Å². The topological polar surface area (TPSA) is 74.7 Å². The van der Waals surface area contributed by atoms with E-state index in [4.69, 9.17) is 11.0 Å². The third-order valence-electron chi connectivity index (χ3n) is 2.71. The highest BCUT2D eigenvalue weighted by Gasteiger charge is 2.03. The van der Waals surface area contributed by atoms with Crippen molar-refractivity contribution in [2.45, 2.75) is 13.3 Å². The predicted octanol–water partition coefficient (Wildman–Crippen LogP) is 2.78. The third-order valence-corrected chi connectivity index (χ3v) is 2.71. The first kappa shape index (κ1) is 11.9. The van der Waals surface area contributed by atoms with E-state index in [1.807, 2.05) is 37.3 Å². The molecule has 0 amide bonds. The molecule has 0 saturated carbocycles. The van der Waals surface area contributed by atoms with Crippen LogP contribution >= 0.6 is 0 Å². The quantitative estimate of drug-likeness (QED) is 0.862. The van der Waals surface area contributed by atoms with Gasteiger partial charge >= 0.3 is 0 Å². The van der Waals surface area contributed by atoms with Gasteiger partial charge in [-0.25, -0.2) is 4.98 Å². The number of nitriles is 1. The van der Waals surface area contributed by atoms with Gasteiger partial charge in [-0.3, -0.25) is 0 Å². The molecule has 0 saturated heterocycles. The minimum absolute atomic E-state index is 0.422. The van der Waals surface area contributed by atoms with Crippen LogP contribution in [0.3, 0.4) is 0 Å². The lowest BCUT2D eigenvalue weighted by molar-refractivity contribution is 1.25. The van der Waals surface area contributed by atoms with Gasteiger partial charge in [0.15, 0.2) is 5.82 Å². The molecule has 0 unspecified atom stereocenters. The average molecular weight is 238 g/mol. The number of hydrogen-bond acceptors (Lipinski definition) is 4. The lowest BCUT2D eigenvalue weighted by atomic mass is 10.1. The molecule has 0 aliphatic heterocycles. The molecule has 4 heteroatoms. The standard InChI is InChI=1S/C14H14N4/c1-10-7-9-17-14(13(10)16)18-12-4-2-11(3-5-12)6-8-15/h2-5,7,9H,6,16H2,1H3,(H,17,18). The minimum atomic E-state index is 0.422. The Labute approximate surface area is 106 Å². The Balaban J connectivity index is 2.19. The number of hydrogen-bond donors (Lipinski definition) is 2. The molecule has 4 nitrogen and oxygen atoms in total. The van der Waals surface area contributed by atoms with Crippen molar-refractivity contribution in [2.75, 3.05) is 11.1 Å². The highest BCUT2D eigenvalue weighted by molar-refractivity contribution is 5.71. The van der Waals surface area contributed by atoms with Crippen LogP contribution in [-0.4, -0.2) is 4.98 Å². The van der Waals surface area contributed by atoms with Crippen LogP contribution in [-0.2, 0) is 6.42 Å². The zero-order valence-corrected chi connectivity index (χ0v) is 10.1.